The highest BCUT2D eigenvalue weighted by Crippen LogP contribution is 2.21. The van der Waals surface area contributed by atoms with Crippen LogP contribution in [0.1, 0.15) is 22.5 Å². The lowest BCUT2D eigenvalue weighted by Crippen LogP contribution is -2.45. The Balaban J connectivity index is 1.91. The van der Waals surface area contributed by atoms with Gasteiger partial charge in [0.2, 0.25) is 0 Å². The summed E-state index contributed by atoms with van der Waals surface area (Å²) >= 11 is 1.41. The first kappa shape index (κ1) is 11.4. The number of nitrogens with one attached hydrogen (secondary N) is 2. The van der Waals surface area contributed by atoms with Crippen LogP contribution in [0.2, 0.25) is 0 Å². The lowest BCUT2D eigenvalue weighted by atomic mass is 10.1. The molecule has 2 N–H and O–H groups in total. The summed E-state index contributed by atoms with van der Waals surface area (Å²) in [5, 5.41) is 8.14. The van der Waals surface area contributed by atoms with Crippen LogP contribution in [-0.2, 0) is 0 Å². The molecule has 1 aromatic heterocycles. The molecule has 2 heterocycles. The zero-order valence-electron chi connectivity index (χ0n) is 9.29. The van der Waals surface area contributed by atoms with Gasteiger partial charge >= 0.3 is 0 Å². The quantitative estimate of drug-likeness (QED) is 0.835. The van der Waals surface area contributed by atoms with Gasteiger partial charge in [0.15, 0.2) is 0 Å². The number of carbonyl (C=O) groups excluding carboxylic acids is 1. The van der Waals surface area contributed by atoms with Gasteiger partial charge < -0.3 is 15.4 Å². The molecule has 1 aliphatic rings. The summed E-state index contributed by atoms with van der Waals surface area (Å²) in [6, 6.07) is 2.03. The predicted octanol–water partition coefficient (Wildman–Crippen LogP) is 1.24. The van der Waals surface area contributed by atoms with Gasteiger partial charge in [-0.2, -0.15) is 0 Å². The summed E-state index contributed by atoms with van der Waals surface area (Å²) < 4.78 is 5.05. The molecule has 16 heavy (non-hydrogen) atoms. The summed E-state index contributed by atoms with van der Waals surface area (Å²) in [5.41, 5.74) is 0. The highest BCUT2D eigenvalue weighted by atomic mass is 32.1. The van der Waals surface area contributed by atoms with Crippen LogP contribution in [0.4, 0.5) is 0 Å². The summed E-state index contributed by atoms with van der Waals surface area (Å²) in [4.78, 5) is 12.6. The predicted molar refractivity (Wildman–Crippen MR) is 64.2 cm³/mol. The maximum atomic E-state index is 11.9. The first-order valence-corrected chi connectivity index (χ1v) is 6.31. The smallest absolute Gasteiger partial charge is 0.261 e. The molecule has 0 aliphatic carbocycles. The SMILES string of the molecule is COc1csc(C(=O)NC2CCCNC2)c1. The van der Waals surface area contributed by atoms with E-state index in [0.29, 0.717) is 4.88 Å². The van der Waals surface area contributed by atoms with Crippen LogP contribution in [0.25, 0.3) is 0 Å². The van der Waals surface area contributed by atoms with Crippen molar-refractivity contribution >= 4 is 17.2 Å². The van der Waals surface area contributed by atoms with Gasteiger partial charge in [-0.15, -0.1) is 11.3 Å². The molecule has 88 valence electrons. The number of carbonyl (C=O) groups is 1. The number of piperidine rings is 1. The second-order valence-electron chi connectivity index (χ2n) is 3.87. The van der Waals surface area contributed by atoms with E-state index in [-0.39, 0.29) is 11.9 Å². The van der Waals surface area contributed by atoms with Gasteiger partial charge in [-0.3, -0.25) is 4.79 Å². The molecule has 0 radical (unpaired) electrons. The Kier molecular flexibility index (Phi) is 3.79. The molecule has 0 spiro atoms. The minimum atomic E-state index is 0.00185. The number of methoxy groups -OCH3 is 1. The van der Waals surface area contributed by atoms with E-state index in [2.05, 4.69) is 10.6 Å². The molecule has 1 atom stereocenters. The van der Waals surface area contributed by atoms with E-state index in [0.717, 1.165) is 31.7 Å². The Morgan fingerprint density at radius 2 is 2.56 bits per heavy atom. The van der Waals surface area contributed by atoms with Crippen LogP contribution in [0, 0.1) is 0 Å². The molecule has 0 aromatic carbocycles. The molecule has 2 rings (SSSR count). The second kappa shape index (κ2) is 5.32. The third-order valence-corrected chi connectivity index (χ3v) is 3.57. The van der Waals surface area contributed by atoms with E-state index >= 15 is 0 Å². The summed E-state index contributed by atoms with van der Waals surface area (Å²) in [7, 11) is 1.61. The van der Waals surface area contributed by atoms with E-state index in [1.165, 1.54) is 11.3 Å². The molecule has 5 heteroatoms. The number of rotatable bonds is 3. The maximum Gasteiger partial charge on any atom is 0.261 e. The molecular formula is C11H16N2O2S. The van der Waals surface area contributed by atoms with Crippen LogP contribution >= 0.6 is 11.3 Å². The fourth-order valence-electron chi connectivity index (χ4n) is 1.78. The fourth-order valence-corrected chi connectivity index (χ4v) is 2.53. The third kappa shape index (κ3) is 2.74. The molecule has 1 amide bonds. The number of amides is 1. The van der Waals surface area contributed by atoms with Gasteiger partial charge in [-0.1, -0.05) is 0 Å². The van der Waals surface area contributed by atoms with Crippen LogP contribution in [0.3, 0.4) is 0 Å². The van der Waals surface area contributed by atoms with Crippen molar-refractivity contribution in [2.24, 2.45) is 0 Å². The largest absolute Gasteiger partial charge is 0.496 e. The second-order valence-corrected chi connectivity index (χ2v) is 4.78. The van der Waals surface area contributed by atoms with E-state index in [1.807, 2.05) is 5.38 Å². The number of hydrogen-bond donors (Lipinski definition) is 2. The minimum Gasteiger partial charge on any atom is -0.496 e. The average Bonchev–Trinajstić information content (AvgIpc) is 2.79. The fraction of sp³-hybridized carbons (Fsp3) is 0.545. The van der Waals surface area contributed by atoms with E-state index in [1.54, 1.807) is 13.2 Å². The molecular weight excluding hydrogens is 224 g/mol. The summed E-state index contributed by atoms with van der Waals surface area (Å²) in [6.07, 6.45) is 2.18. The molecule has 0 saturated carbocycles. The Morgan fingerprint density at radius 1 is 1.69 bits per heavy atom. The first-order valence-electron chi connectivity index (χ1n) is 5.43. The summed E-state index contributed by atoms with van der Waals surface area (Å²) in [5.74, 6) is 0.749. The Hall–Kier alpha value is -1.07. The van der Waals surface area contributed by atoms with E-state index in [9.17, 15) is 4.79 Å². The Bertz CT molecular complexity index is 359. The molecule has 0 bridgehead atoms. The lowest BCUT2D eigenvalue weighted by Gasteiger charge is -2.23. The van der Waals surface area contributed by atoms with Crippen LogP contribution < -0.4 is 15.4 Å². The van der Waals surface area contributed by atoms with Crippen LogP contribution in [-0.4, -0.2) is 32.1 Å². The van der Waals surface area contributed by atoms with Crippen molar-refractivity contribution in [3.8, 4) is 5.75 Å². The Labute approximate surface area is 99.0 Å². The minimum absolute atomic E-state index is 0.00185. The van der Waals surface area contributed by atoms with Crippen LogP contribution in [0.5, 0.6) is 5.75 Å². The van der Waals surface area contributed by atoms with Crippen molar-refractivity contribution in [1.82, 2.24) is 10.6 Å². The zero-order chi connectivity index (χ0) is 11.4. The Morgan fingerprint density at radius 3 is 3.19 bits per heavy atom. The lowest BCUT2D eigenvalue weighted by molar-refractivity contribution is 0.0934. The van der Waals surface area contributed by atoms with E-state index < -0.39 is 0 Å². The van der Waals surface area contributed by atoms with Gasteiger partial charge in [-0.05, 0) is 19.4 Å². The monoisotopic (exact) mass is 240 g/mol. The van der Waals surface area contributed by atoms with Gasteiger partial charge in [-0.25, -0.2) is 0 Å². The van der Waals surface area contributed by atoms with Crippen molar-refractivity contribution in [2.45, 2.75) is 18.9 Å². The molecule has 1 aromatic rings. The standard InChI is InChI=1S/C11H16N2O2S/c1-15-9-5-10(16-7-9)11(14)13-8-3-2-4-12-6-8/h5,7-8,12H,2-4,6H2,1H3,(H,13,14). The van der Waals surface area contributed by atoms with Crippen molar-refractivity contribution in [1.29, 1.82) is 0 Å². The highest BCUT2D eigenvalue weighted by molar-refractivity contribution is 7.12. The van der Waals surface area contributed by atoms with Gasteiger partial charge in [0.1, 0.15) is 5.75 Å². The molecule has 4 nitrogen and oxygen atoms in total. The van der Waals surface area contributed by atoms with Crippen molar-refractivity contribution in [3.05, 3.63) is 16.3 Å². The van der Waals surface area contributed by atoms with Crippen molar-refractivity contribution in [3.63, 3.8) is 0 Å². The topological polar surface area (TPSA) is 50.4 Å². The van der Waals surface area contributed by atoms with Gasteiger partial charge in [0, 0.05) is 24.0 Å². The van der Waals surface area contributed by atoms with Crippen molar-refractivity contribution in [2.75, 3.05) is 20.2 Å². The number of ether oxygens (including phenoxy) is 1. The third-order valence-electron chi connectivity index (χ3n) is 2.67. The molecule has 1 fully saturated rings. The first-order chi connectivity index (χ1) is 7.79. The number of thiophene rings is 1. The zero-order valence-corrected chi connectivity index (χ0v) is 10.1. The highest BCUT2D eigenvalue weighted by Gasteiger charge is 2.17. The van der Waals surface area contributed by atoms with Gasteiger partial charge in [0.25, 0.3) is 5.91 Å². The maximum absolute atomic E-state index is 11.9. The normalized spacial score (nSPS) is 20.4. The van der Waals surface area contributed by atoms with Crippen molar-refractivity contribution < 1.29 is 9.53 Å². The van der Waals surface area contributed by atoms with Gasteiger partial charge in [0.05, 0.1) is 12.0 Å². The summed E-state index contributed by atoms with van der Waals surface area (Å²) in [6.45, 7) is 1.92. The van der Waals surface area contributed by atoms with E-state index in [4.69, 9.17) is 4.74 Å². The number of hydrogen-bond acceptors (Lipinski definition) is 4. The molecule has 1 aliphatic heterocycles. The average molecular weight is 240 g/mol. The van der Waals surface area contributed by atoms with Crippen LogP contribution in [0.15, 0.2) is 11.4 Å². The molecule has 1 saturated heterocycles. The molecule has 1 unspecified atom stereocenters.